The number of pyridine rings is 1. The first kappa shape index (κ1) is 58.9. The number of morpholine rings is 1. The minimum atomic E-state index is -0.831. The number of hydrogen-bond acceptors (Lipinski definition) is 11. The Bertz CT molecular complexity index is 2390. The molecule has 3 aromatic heterocycles. The zero-order valence-corrected chi connectivity index (χ0v) is 46.1. The Balaban J connectivity index is 0.00000198. The van der Waals surface area contributed by atoms with Gasteiger partial charge in [-0.25, -0.2) is 10.4 Å². The molecule has 20 heteroatoms. The molecular formula is C47H71N7O6S7. The highest BCUT2D eigenvalue weighted by molar-refractivity contribution is 7.60. The van der Waals surface area contributed by atoms with Gasteiger partial charge in [0.15, 0.2) is 0 Å². The average molecular weight is 1050 g/mol. The van der Waals surface area contributed by atoms with Crippen LogP contribution in [0.15, 0.2) is 41.9 Å². The van der Waals surface area contributed by atoms with Crippen LogP contribution in [0.25, 0.3) is 39.0 Å². The number of nitrogens with zero attached hydrogens (tertiary/aromatic N) is 5. The monoisotopic (exact) mass is 1050 g/mol. The highest BCUT2D eigenvalue weighted by Crippen LogP contribution is 2.43. The molecule has 3 fully saturated rings. The lowest BCUT2D eigenvalue weighted by atomic mass is 9.83. The molecule has 0 radical (unpaired) electrons. The van der Waals surface area contributed by atoms with Gasteiger partial charge < -0.3 is 24.1 Å². The Morgan fingerprint density at radius 3 is 2.55 bits per heavy atom. The maximum Gasteiger partial charge on any atom is 0.324 e. The largest absolute Gasteiger partial charge is 0.464 e. The van der Waals surface area contributed by atoms with E-state index in [0.29, 0.717) is 44.3 Å². The predicted molar refractivity (Wildman–Crippen MR) is 298 cm³/mol. The summed E-state index contributed by atoms with van der Waals surface area (Å²) in [4.78, 5) is 54.1. The van der Waals surface area contributed by atoms with Crippen molar-refractivity contribution in [1.82, 2.24) is 35.2 Å². The van der Waals surface area contributed by atoms with Crippen molar-refractivity contribution in [3.63, 3.8) is 0 Å². The predicted octanol–water partition coefficient (Wildman–Crippen LogP) is 7.02. The molecule has 1 aromatic carbocycles. The number of nitrogens with one attached hydrogen (secondary N) is 2. The Morgan fingerprint density at radius 1 is 1.07 bits per heavy atom. The van der Waals surface area contributed by atoms with Gasteiger partial charge in [-0.15, -0.1) is 11.3 Å². The van der Waals surface area contributed by atoms with Gasteiger partial charge >= 0.3 is 5.97 Å². The summed E-state index contributed by atoms with van der Waals surface area (Å²) in [6.07, 6.45) is 7.82. The number of aryl methyl sites for hydroxylation is 1. The molecule has 372 valence electrons. The molecule has 2 saturated heterocycles. The first-order valence-corrected chi connectivity index (χ1v) is 23.0. The Labute approximate surface area is 441 Å². The van der Waals surface area contributed by atoms with Crippen molar-refractivity contribution >= 4 is 127 Å². The van der Waals surface area contributed by atoms with Gasteiger partial charge in [0.2, 0.25) is 5.91 Å². The summed E-state index contributed by atoms with van der Waals surface area (Å²) in [5.74, 6) is -0.578. The number of aromatic nitrogens is 3. The van der Waals surface area contributed by atoms with Crippen LogP contribution in [-0.4, -0.2) is 107 Å². The molecule has 5 aliphatic rings. The molecule has 7 heterocycles. The lowest BCUT2D eigenvalue weighted by Crippen LogP contribution is -2.60. The third-order valence-corrected chi connectivity index (χ3v) is 14.3. The van der Waals surface area contributed by atoms with E-state index in [-0.39, 0.29) is 118 Å². The van der Waals surface area contributed by atoms with E-state index in [1.165, 1.54) is 21.9 Å². The van der Waals surface area contributed by atoms with Crippen LogP contribution in [0, 0.1) is 17.3 Å². The Kier molecular flexibility index (Phi) is 21.7. The molecule has 1 aliphatic carbocycles. The van der Waals surface area contributed by atoms with Crippen molar-refractivity contribution in [3.05, 3.63) is 63.7 Å². The molecule has 0 spiro atoms. The SMILES string of the molecule is CCn1c(-c2cc(C3=CCN4CCOC[C@@H]4C3)cnc2[C@H](C)OC)c2c3cc(ccc31)-c1csc(n1)C[C@H](NC(=O)[C@H]1C[C@@H]1C)C(=O)N1CCC[C@H](N1)C(=O)OCC(C)(C)C2.S.S.S.S.S.S. The quantitative estimate of drug-likeness (QED) is 0.186. The van der Waals surface area contributed by atoms with E-state index in [9.17, 15) is 14.4 Å². The Hall–Kier alpha value is -2.37. The van der Waals surface area contributed by atoms with Crippen LogP contribution in [0.3, 0.4) is 0 Å². The molecule has 67 heavy (non-hydrogen) atoms. The molecule has 6 bridgehead atoms. The summed E-state index contributed by atoms with van der Waals surface area (Å²) < 4.78 is 20.4. The summed E-state index contributed by atoms with van der Waals surface area (Å²) >= 11 is 1.49. The number of hydrazine groups is 1. The van der Waals surface area contributed by atoms with Gasteiger partial charge in [0.25, 0.3) is 5.91 Å². The zero-order chi connectivity index (χ0) is 42.6. The number of thiazole rings is 1. The number of carbonyl (C=O) groups excluding carboxylic acids is 3. The fraction of sp³-hybridized carbons (Fsp3) is 0.553. The first-order chi connectivity index (χ1) is 29.4. The number of methoxy groups -OCH3 is 1. The summed E-state index contributed by atoms with van der Waals surface area (Å²) in [5.41, 5.74) is 12.1. The van der Waals surface area contributed by atoms with Crippen LogP contribution < -0.4 is 10.7 Å². The van der Waals surface area contributed by atoms with Crippen LogP contribution >= 0.6 is 92.3 Å². The number of benzene rings is 1. The maximum atomic E-state index is 14.2. The van der Waals surface area contributed by atoms with E-state index in [1.54, 1.807) is 7.11 Å². The third-order valence-electron chi connectivity index (χ3n) is 13.4. The van der Waals surface area contributed by atoms with Crippen LogP contribution in [0.2, 0.25) is 0 Å². The third kappa shape index (κ3) is 12.4. The first-order valence-electron chi connectivity index (χ1n) is 22.1. The molecule has 2 N–H and O–H groups in total. The summed E-state index contributed by atoms with van der Waals surface area (Å²) in [6.45, 7) is 15.2. The molecule has 6 atom stereocenters. The summed E-state index contributed by atoms with van der Waals surface area (Å²) in [5, 5.41) is 8.46. The number of carbonyl (C=O) groups is 3. The molecule has 4 aliphatic heterocycles. The summed E-state index contributed by atoms with van der Waals surface area (Å²) in [7, 11) is 1.73. The fourth-order valence-electron chi connectivity index (χ4n) is 9.67. The molecular weight excluding hydrogens is 983 g/mol. The minimum Gasteiger partial charge on any atom is -0.464 e. The minimum absolute atomic E-state index is 0. The molecule has 4 aromatic rings. The van der Waals surface area contributed by atoms with E-state index in [4.69, 9.17) is 24.2 Å². The van der Waals surface area contributed by atoms with Crippen LogP contribution in [0.5, 0.6) is 0 Å². The molecule has 9 rings (SSSR count). The van der Waals surface area contributed by atoms with Gasteiger partial charge in [0.05, 0.1) is 48.0 Å². The van der Waals surface area contributed by atoms with E-state index in [0.717, 1.165) is 94.4 Å². The van der Waals surface area contributed by atoms with Gasteiger partial charge in [-0.1, -0.05) is 32.9 Å². The number of amides is 2. The number of rotatable bonds is 7. The highest BCUT2D eigenvalue weighted by atomic mass is 32.1. The van der Waals surface area contributed by atoms with Crippen molar-refractivity contribution in [3.8, 4) is 22.5 Å². The maximum absolute atomic E-state index is 14.2. The normalized spacial score (nSPS) is 23.9. The van der Waals surface area contributed by atoms with Crippen molar-refractivity contribution in [2.75, 3.05) is 46.6 Å². The van der Waals surface area contributed by atoms with Gasteiger partial charge in [-0.05, 0) is 86.8 Å². The lowest BCUT2D eigenvalue weighted by Gasteiger charge is -2.38. The van der Waals surface area contributed by atoms with Crippen molar-refractivity contribution in [1.29, 1.82) is 0 Å². The molecule has 1 saturated carbocycles. The number of hydrogen-bond donors (Lipinski definition) is 2. The highest BCUT2D eigenvalue weighted by Gasteiger charge is 2.42. The second kappa shape index (κ2) is 24.6. The number of esters is 1. The topological polar surface area (TPSA) is 140 Å². The van der Waals surface area contributed by atoms with E-state index in [1.807, 2.05) is 25.4 Å². The molecule has 13 nitrogen and oxygen atoms in total. The Morgan fingerprint density at radius 2 is 1.84 bits per heavy atom. The van der Waals surface area contributed by atoms with Gasteiger partial charge in [-0.2, -0.15) is 81.0 Å². The summed E-state index contributed by atoms with van der Waals surface area (Å²) in [6, 6.07) is 7.69. The number of ether oxygens (including phenoxy) is 3. The zero-order valence-electron chi connectivity index (χ0n) is 39.3. The molecule has 2 amide bonds. The van der Waals surface area contributed by atoms with Crippen molar-refractivity contribution in [2.45, 2.75) is 104 Å². The van der Waals surface area contributed by atoms with E-state index < -0.39 is 23.5 Å². The van der Waals surface area contributed by atoms with Crippen LogP contribution in [0.1, 0.15) is 88.2 Å². The standard InChI is InChI=1S/C47H59N7O6S.6H2S/c1-7-53-40-11-10-30-19-34(40)36(43(53)35-20-31(23-48-42(35)28(3)58-6)29-12-14-52-15-16-59-24-32(52)18-29)22-47(4,5)26-60-46(57)37-9-8-13-54(51-37)45(56)38(21-41-49-39(30)25-61-41)50-44(55)33-17-27(33)2;;;;;;/h10-12,19-20,23,25,27-28,32-33,37-38,51H,7-9,13-18,21-22,24,26H2,1-6H3,(H,50,55);6*1H2/t27-,28-,32-,33-,37-,38-;;;;;;/m0....../s1. The lowest BCUT2D eigenvalue weighted by molar-refractivity contribution is -0.155. The fourth-order valence-corrected chi connectivity index (χ4v) is 10.5. The van der Waals surface area contributed by atoms with Crippen LogP contribution in [-0.2, 0) is 48.0 Å². The van der Waals surface area contributed by atoms with Crippen LogP contribution in [0.4, 0.5) is 0 Å². The average Bonchev–Trinajstić information content (AvgIpc) is 3.70. The number of cyclic esters (lactones) is 1. The van der Waals surface area contributed by atoms with E-state index >= 15 is 0 Å². The second-order valence-corrected chi connectivity index (χ2v) is 19.4. The molecule has 0 unspecified atom stereocenters. The van der Waals surface area contributed by atoms with Crippen molar-refractivity contribution < 1.29 is 28.6 Å². The smallest absolute Gasteiger partial charge is 0.324 e. The van der Waals surface area contributed by atoms with E-state index in [2.05, 4.69) is 71.3 Å². The second-order valence-electron chi connectivity index (χ2n) is 18.5. The number of fused-ring (bicyclic) bond motifs is 7. The van der Waals surface area contributed by atoms with Gasteiger partial charge in [0.1, 0.15) is 12.1 Å². The van der Waals surface area contributed by atoms with Gasteiger partial charge in [0, 0.05) is 90.7 Å². The van der Waals surface area contributed by atoms with Gasteiger partial charge in [-0.3, -0.25) is 29.3 Å². The van der Waals surface area contributed by atoms with Crippen molar-refractivity contribution in [2.24, 2.45) is 17.3 Å².